The summed E-state index contributed by atoms with van der Waals surface area (Å²) in [5.74, 6) is -1.01. The summed E-state index contributed by atoms with van der Waals surface area (Å²) in [6.45, 7) is 9.51. The average Bonchev–Trinajstić information content (AvgIpc) is 2.87. The Bertz CT molecular complexity index is 869. The number of carbonyl (C=O) groups is 1. The van der Waals surface area contributed by atoms with Crippen LogP contribution >= 0.6 is 0 Å². The van der Waals surface area contributed by atoms with Crippen LogP contribution in [-0.2, 0) is 23.4 Å². The van der Waals surface area contributed by atoms with Gasteiger partial charge in [-0.2, -0.15) is 0 Å². The zero-order valence-electron chi connectivity index (χ0n) is 21.6. The number of hydrogen-bond donors (Lipinski definition) is 1. The van der Waals surface area contributed by atoms with E-state index >= 15 is 0 Å². The van der Waals surface area contributed by atoms with E-state index in [4.69, 9.17) is 18.6 Å². The second-order valence-corrected chi connectivity index (χ2v) is 14.6. The van der Waals surface area contributed by atoms with Gasteiger partial charge in [-0.15, -0.1) is 0 Å². The molecule has 1 heterocycles. The summed E-state index contributed by atoms with van der Waals surface area (Å²) in [5, 5.41) is 13.0. The summed E-state index contributed by atoms with van der Waals surface area (Å²) in [4.78, 5) is 12.3. The summed E-state index contributed by atoms with van der Waals surface area (Å²) < 4.78 is 23.8. The number of benzene rings is 2. The molecule has 2 aromatic carbocycles. The highest BCUT2D eigenvalue weighted by Crippen LogP contribution is 2.37. The molecular weight excluding hydrogens is 460 g/mol. The van der Waals surface area contributed by atoms with E-state index in [0.717, 1.165) is 19.3 Å². The van der Waals surface area contributed by atoms with E-state index in [9.17, 15) is 9.90 Å². The third kappa shape index (κ3) is 6.40. The fourth-order valence-electron chi connectivity index (χ4n) is 4.88. The highest BCUT2D eigenvalue weighted by Gasteiger charge is 2.50. The molecule has 1 aliphatic heterocycles. The number of ether oxygens (including phenoxy) is 3. The van der Waals surface area contributed by atoms with Gasteiger partial charge < -0.3 is 23.7 Å². The van der Waals surface area contributed by atoms with Crippen molar-refractivity contribution in [3.8, 4) is 0 Å². The third-order valence-electron chi connectivity index (χ3n) is 6.74. The summed E-state index contributed by atoms with van der Waals surface area (Å²) in [5.41, 5.74) is 0. The van der Waals surface area contributed by atoms with Gasteiger partial charge in [-0.3, -0.25) is 0 Å². The first-order chi connectivity index (χ1) is 16.7. The second-order valence-electron chi connectivity index (χ2n) is 10.3. The van der Waals surface area contributed by atoms with Crippen molar-refractivity contribution < 1.29 is 28.5 Å². The smallest absolute Gasteiger partial charge is 0.337 e. The Morgan fingerprint density at radius 3 is 2.09 bits per heavy atom. The second kappa shape index (κ2) is 12.3. The maximum absolute atomic E-state index is 12.3. The minimum absolute atomic E-state index is 0.181. The lowest BCUT2D eigenvalue weighted by atomic mass is 10.00. The Balaban J connectivity index is 1.93. The SMILES string of the molecule is COC(=O)[C@H](O)[C@H](OC1CCCCO1)[C@H](C)CO[Si](c1ccccc1)(c1ccccc1)C(C)(C)C. The minimum atomic E-state index is -2.77. The molecule has 0 spiro atoms. The topological polar surface area (TPSA) is 74.2 Å². The molecule has 4 atom stereocenters. The highest BCUT2D eigenvalue weighted by atomic mass is 28.4. The first-order valence-corrected chi connectivity index (χ1v) is 14.4. The Morgan fingerprint density at radius 1 is 1.06 bits per heavy atom. The van der Waals surface area contributed by atoms with Gasteiger partial charge in [-0.25, -0.2) is 4.79 Å². The van der Waals surface area contributed by atoms with Gasteiger partial charge in [-0.05, 0) is 34.7 Å². The summed E-state index contributed by atoms with van der Waals surface area (Å²) in [6.07, 6.45) is -0.00233. The zero-order valence-corrected chi connectivity index (χ0v) is 22.6. The molecule has 2 aromatic rings. The Labute approximate surface area is 210 Å². The van der Waals surface area contributed by atoms with E-state index in [0.29, 0.717) is 13.2 Å². The molecule has 0 aromatic heterocycles. The maximum atomic E-state index is 12.3. The van der Waals surface area contributed by atoms with E-state index in [1.54, 1.807) is 0 Å². The maximum Gasteiger partial charge on any atom is 0.337 e. The predicted molar refractivity (Wildman–Crippen MR) is 139 cm³/mol. The number of rotatable bonds is 10. The van der Waals surface area contributed by atoms with Crippen LogP contribution in [0.25, 0.3) is 0 Å². The van der Waals surface area contributed by atoms with E-state index in [1.165, 1.54) is 17.5 Å². The van der Waals surface area contributed by atoms with Crippen LogP contribution in [0.4, 0.5) is 0 Å². The van der Waals surface area contributed by atoms with Crippen molar-refractivity contribution in [2.45, 2.75) is 70.5 Å². The van der Waals surface area contributed by atoms with Gasteiger partial charge in [0, 0.05) is 19.1 Å². The summed E-state index contributed by atoms with van der Waals surface area (Å²) >= 11 is 0. The largest absolute Gasteiger partial charge is 0.467 e. The molecule has 6 nitrogen and oxygen atoms in total. The van der Waals surface area contributed by atoms with Gasteiger partial charge in [0.05, 0.1) is 7.11 Å². The molecule has 0 amide bonds. The van der Waals surface area contributed by atoms with Crippen LogP contribution in [0.3, 0.4) is 0 Å². The van der Waals surface area contributed by atoms with Crippen molar-refractivity contribution in [2.24, 2.45) is 5.92 Å². The van der Waals surface area contributed by atoms with Crippen LogP contribution in [0.15, 0.2) is 60.7 Å². The van der Waals surface area contributed by atoms with Crippen LogP contribution in [0.5, 0.6) is 0 Å². The molecule has 7 heteroatoms. The normalized spacial score (nSPS) is 19.5. The van der Waals surface area contributed by atoms with Crippen LogP contribution < -0.4 is 10.4 Å². The number of carbonyl (C=O) groups excluding carboxylic acids is 1. The molecule has 1 fully saturated rings. The average molecular weight is 501 g/mol. The van der Waals surface area contributed by atoms with Gasteiger partial charge in [-0.1, -0.05) is 88.4 Å². The molecule has 192 valence electrons. The number of methoxy groups -OCH3 is 1. The van der Waals surface area contributed by atoms with Gasteiger partial charge >= 0.3 is 5.97 Å². The van der Waals surface area contributed by atoms with Crippen molar-refractivity contribution in [2.75, 3.05) is 20.3 Å². The quantitative estimate of drug-likeness (QED) is 0.397. The lowest BCUT2D eigenvalue weighted by molar-refractivity contribution is -0.222. The Hall–Kier alpha value is -2.03. The fourth-order valence-corrected chi connectivity index (χ4v) is 9.55. The number of hydrogen-bond acceptors (Lipinski definition) is 6. The summed E-state index contributed by atoms with van der Waals surface area (Å²) in [6, 6.07) is 20.8. The number of aliphatic hydroxyl groups is 1. The molecule has 0 bridgehead atoms. The number of esters is 1. The molecule has 1 saturated heterocycles. The lowest BCUT2D eigenvalue weighted by Gasteiger charge is -2.44. The van der Waals surface area contributed by atoms with E-state index in [1.807, 2.05) is 43.3 Å². The highest BCUT2D eigenvalue weighted by molar-refractivity contribution is 6.99. The third-order valence-corrected chi connectivity index (χ3v) is 11.7. The first kappa shape index (κ1) is 27.6. The van der Waals surface area contributed by atoms with Gasteiger partial charge in [0.1, 0.15) is 6.10 Å². The van der Waals surface area contributed by atoms with E-state index in [2.05, 4.69) is 45.0 Å². The molecule has 3 rings (SSSR count). The Morgan fingerprint density at radius 2 is 1.63 bits per heavy atom. The monoisotopic (exact) mass is 500 g/mol. The van der Waals surface area contributed by atoms with Crippen molar-refractivity contribution in [1.82, 2.24) is 0 Å². The molecule has 0 radical (unpaired) electrons. The Kier molecular flexibility index (Phi) is 9.67. The van der Waals surface area contributed by atoms with E-state index in [-0.39, 0.29) is 11.0 Å². The lowest BCUT2D eigenvalue weighted by Crippen LogP contribution is -2.67. The first-order valence-electron chi connectivity index (χ1n) is 12.5. The molecular formula is C28H40O6Si. The van der Waals surface area contributed by atoms with Gasteiger partial charge in [0.15, 0.2) is 12.4 Å². The fraction of sp³-hybridized carbons (Fsp3) is 0.536. The molecule has 35 heavy (non-hydrogen) atoms. The van der Waals surface area contributed by atoms with Gasteiger partial charge in [0.25, 0.3) is 8.32 Å². The van der Waals surface area contributed by atoms with Crippen molar-refractivity contribution in [3.05, 3.63) is 60.7 Å². The van der Waals surface area contributed by atoms with Crippen LogP contribution in [0, 0.1) is 5.92 Å². The molecule has 1 unspecified atom stereocenters. The standard InChI is InChI=1S/C28H40O6Si/c1-21(26(25(29)27(30)31-5)34-24-18-12-13-19-32-24)20-33-35(28(2,3)4,22-14-8-6-9-15-22)23-16-10-7-11-17-23/h6-11,14-17,21,24-26,29H,12-13,18-20H2,1-5H3/t21-,24?,25-,26-/m1/s1. The van der Waals surface area contributed by atoms with Crippen LogP contribution in [0.1, 0.15) is 47.0 Å². The summed E-state index contributed by atoms with van der Waals surface area (Å²) in [7, 11) is -1.50. The molecule has 0 saturated carbocycles. The predicted octanol–water partition coefficient (Wildman–Crippen LogP) is 3.64. The van der Waals surface area contributed by atoms with Crippen molar-refractivity contribution in [3.63, 3.8) is 0 Å². The van der Waals surface area contributed by atoms with Crippen LogP contribution in [-0.4, -0.2) is 58.2 Å². The number of aliphatic hydroxyl groups excluding tert-OH is 1. The minimum Gasteiger partial charge on any atom is -0.467 e. The van der Waals surface area contributed by atoms with E-state index < -0.39 is 32.8 Å². The zero-order chi connectivity index (χ0) is 25.5. The molecule has 1 N–H and O–H groups in total. The van der Waals surface area contributed by atoms with Crippen molar-refractivity contribution >= 4 is 24.7 Å². The van der Waals surface area contributed by atoms with Gasteiger partial charge in [0.2, 0.25) is 0 Å². The molecule has 0 aliphatic carbocycles. The molecule has 1 aliphatic rings. The van der Waals surface area contributed by atoms with Crippen LogP contribution in [0.2, 0.25) is 5.04 Å². The van der Waals surface area contributed by atoms with Crippen molar-refractivity contribution in [1.29, 1.82) is 0 Å².